The highest BCUT2D eigenvalue weighted by Crippen LogP contribution is 2.35. The molecule has 0 aliphatic heterocycles. The smallest absolute Gasteiger partial charge is 0.351 e. The van der Waals surface area contributed by atoms with E-state index in [9.17, 15) is 10.1 Å². The first-order valence-corrected chi connectivity index (χ1v) is 12.3. The molecule has 188 valence electrons. The van der Waals surface area contributed by atoms with Crippen LogP contribution in [0.15, 0.2) is 47.5 Å². The molecule has 0 amide bonds. The van der Waals surface area contributed by atoms with E-state index in [4.69, 9.17) is 16.7 Å². The molecule has 0 radical (unpaired) electrons. The summed E-state index contributed by atoms with van der Waals surface area (Å²) in [5.74, 6) is 0.747. The molecule has 0 saturated heterocycles. The number of benzene rings is 1. The molecular weight excluding hydrogens is 488 g/mol. The Labute approximate surface area is 219 Å². The van der Waals surface area contributed by atoms with Crippen molar-refractivity contribution < 1.29 is 0 Å². The molecule has 9 nitrogen and oxygen atoms in total. The molecule has 0 saturated carbocycles. The fourth-order valence-electron chi connectivity index (χ4n) is 4.73. The van der Waals surface area contributed by atoms with Crippen molar-refractivity contribution in [3.8, 4) is 17.5 Å². The Balaban J connectivity index is 1.87. The van der Waals surface area contributed by atoms with Crippen LogP contribution in [0.1, 0.15) is 25.0 Å². The van der Waals surface area contributed by atoms with Crippen molar-refractivity contribution in [3.63, 3.8) is 0 Å². The SMILES string of the molecule is CC(C)Cn1c(=O)nc(N(C)C)c2c(-c3cc(C#N)cn3C)n(Cc3ccnc4c(Cl)cccc34)nc21. The van der Waals surface area contributed by atoms with Gasteiger partial charge in [-0.15, -0.1) is 0 Å². The van der Waals surface area contributed by atoms with Gasteiger partial charge in [0.05, 0.1) is 39.4 Å². The average Bonchev–Trinajstić information content (AvgIpc) is 3.40. The average molecular weight is 515 g/mol. The van der Waals surface area contributed by atoms with Gasteiger partial charge in [-0.05, 0) is 29.7 Å². The number of aromatic nitrogens is 6. The Bertz CT molecular complexity index is 1750. The molecule has 4 heterocycles. The Morgan fingerprint density at radius 3 is 2.68 bits per heavy atom. The monoisotopic (exact) mass is 514 g/mol. The van der Waals surface area contributed by atoms with Crippen molar-refractivity contribution in [3.05, 3.63) is 69.4 Å². The van der Waals surface area contributed by atoms with Crippen LogP contribution in [0.2, 0.25) is 5.02 Å². The molecule has 5 rings (SSSR count). The summed E-state index contributed by atoms with van der Waals surface area (Å²) in [5.41, 5.74) is 4.03. The first-order valence-electron chi connectivity index (χ1n) is 12.0. The van der Waals surface area contributed by atoms with Crippen LogP contribution in [0.5, 0.6) is 0 Å². The lowest BCUT2D eigenvalue weighted by Crippen LogP contribution is -2.28. The molecule has 0 aliphatic carbocycles. The summed E-state index contributed by atoms with van der Waals surface area (Å²) in [4.78, 5) is 23.9. The van der Waals surface area contributed by atoms with E-state index in [1.54, 1.807) is 17.0 Å². The number of halogens is 1. The third kappa shape index (κ3) is 4.23. The summed E-state index contributed by atoms with van der Waals surface area (Å²) in [6.07, 6.45) is 3.53. The lowest BCUT2D eigenvalue weighted by Gasteiger charge is -2.16. The number of hydrogen-bond acceptors (Lipinski definition) is 6. The molecule has 37 heavy (non-hydrogen) atoms. The number of anilines is 1. The lowest BCUT2D eigenvalue weighted by atomic mass is 10.1. The van der Waals surface area contributed by atoms with Gasteiger partial charge in [0.1, 0.15) is 11.9 Å². The van der Waals surface area contributed by atoms with E-state index < -0.39 is 0 Å². The van der Waals surface area contributed by atoms with Crippen LogP contribution >= 0.6 is 11.6 Å². The Morgan fingerprint density at radius 1 is 1.22 bits per heavy atom. The predicted octanol–water partition coefficient (Wildman–Crippen LogP) is 4.44. The molecule has 1 aromatic carbocycles. The Kier molecular flexibility index (Phi) is 6.21. The summed E-state index contributed by atoms with van der Waals surface area (Å²) < 4.78 is 5.44. The van der Waals surface area contributed by atoms with Crippen LogP contribution in [0.3, 0.4) is 0 Å². The van der Waals surface area contributed by atoms with Crippen molar-refractivity contribution in [2.45, 2.75) is 26.9 Å². The van der Waals surface area contributed by atoms with Crippen LogP contribution < -0.4 is 10.6 Å². The van der Waals surface area contributed by atoms with Crippen molar-refractivity contribution in [2.24, 2.45) is 13.0 Å². The van der Waals surface area contributed by atoms with Crippen LogP contribution in [0, 0.1) is 17.2 Å². The zero-order chi connectivity index (χ0) is 26.4. The first-order chi connectivity index (χ1) is 17.7. The number of para-hydroxylation sites is 1. The largest absolute Gasteiger partial charge is 0.362 e. The number of nitrogens with zero attached hydrogens (tertiary/aromatic N) is 8. The topological polar surface area (TPSA) is 97.6 Å². The molecule has 10 heteroatoms. The van der Waals surface area contributed by atoms with Gasteiger partial charge in [-0.2, -0.15) is 15.3 Å². The maximum absolute atomic E-state index is 13.1. The number of nitriles is 1. The minimum atomic E-state index is -0.341. The molecule has 0 spiro atoms. The molecule has 0 bridgehead atoms. The van der Waals surface area contributed by atoms with Crippen LogP contribution in [0.25, 0.3) is 33.3 Å². The highest BCUT2D eigenvalue weighted by Gasteiger charge is 2.25. The van der Waals surface area contributed by atoms with Gasteiger partial charge in [-0.3, -0.25) is 14.2 Å². The zero-order valence-electron chi connectivity index (χ0n) is 21.4. The normalized spacial score (nSPS) is 11.5. The Hall–Kier alpha value is -4.16. The van der Waals surface area contributed by atoms with Gasteiger partial charge < -0.3 is 9.47 Å². The highest BCUT2D eigenvalue weighted by atomic mass is 35.5. The fourth-order valence-corrected chi connectivity index (χ4v) is 4.95. The quantitative estimate of drug-likeness (QED) is 0.332. The number of aryl methyl sites for hydroxylation is 1. The van der Waals surface area contributed by atoms with E-state index in [2.05, 4.69) is 29.9 Å². The van der Waals surface area contributed by atoms with Crippen molar-refractivity contribution in [2.75, 3.05) is 19.0 Å². The van der Waals surface area contributed by atoms with E-state index in [1.807, 2.05) is 65.6 Å². The first kappa shape index (κ1) is 24.5. The van der Waals surface area contributed by atoms with Crippen molar-refractivity contribution in [1.29, 1.82) is 5.26 Å². The van der Waals surface area contributed by atoms with Gasteiger partial charge in [0.2, 0.25) is 0 Å². The lowest BCUT2D eigenvalue weighted by molar-refractivity contribution is 0.511. The highest BCUT2D eigenvalue weighted by molar-refractivity contribution is 6.35. The zero-order valence-corrected chi connectivity index (χ0v) is 22.2. The van der Waals surface area contributed by atoms with E-state index in [1.165, 1.54) is 0 Å². The number of rotatable bonds is 6. The third-order valence-corrected chi connectivity index (χ3v) is 6.63. The number of pyridine rings is 1. The van der Waals surface area contributed by atoms with Gasteiger partial charge in [0.25, 0.3) is 0 Å². The van der Waals surface area contributed by atoms with E-state index in [-0.39, 0.29) is 11.6 Å². The van der Waals surface area contributed by atoms with Crippen LogP contribution in [-0.2, 0) is 20.1 Å². The van der Waals surface area contributed by atoms with E-state index in [0.29, 0.717) is 35.1 Å². The van der Waals surface area contributed by atoms with Crippen LogP contribution in [-0.4, -0.2) is 43.0 Å². The number of hydrogen-bond donors (Lipinski definition) is 0. The minimum Gasteiger partial charge on any atom is -0.362 e. The molecule has 4 aromatic heterocycles. The van der Waals surface area contributed by atoms with Crippen LogP contribution in [0.4, 0.5) is 5.82 Å². The van der Waals surface area contributed by atoms with E-state index >= 15 is 0 Å². The number of fused-ring (bicyclic) bond motifs is 2. The Morgan fingerprint density at radius 2 is 2.00 bits per heavy atom. The summed E-state index contributed by atoms with van der Waals surface area (Å²) in [5, 5.41) is 16.9. The molecule has 0 fully saturated rings. The summed E-state index contributed by atoms with van der Waals surface area (Å²) in [6.45, 7) is 4.99. The van der Waals surface area contributed by atoms with Crippen molar-refractivity contribution in [1.82, 2.24) is 28.9 Å². The van der Waals surface area contributed by atoms with Gasteiger partial charge in [-0.1, -0.05) is 37.6 Å². The molecule has 0 N–H and O–H groups in total. The molecular formula is C27H27ClN8O. The van der Waals surface area contributed by atoms with E-state index in [0.717, 1.165) is 33.2 Å². The van der Waals surface area contributed by atoms with Crippen molar-refractivity contribution >= 4 is 39.4 Å². The van der Waals surface area contributed by atoms with Gasteiger partial charge in [-0.25, -0.2) is 4.79 Å². The molecule has 0 atom stereocenters. The standard InChI is InChI=1S/C27H27ClN8O/c1-16(2)13-35-26-22(25(33(3)4)31-27(35)37)24(21-11-17(12-29)14-34(21)5)36(32-26)15-18-9-10-30-23-19(18)7-6-8-20(23)28/h6-11,14,16H,13,15H2,1-5H3. The maximum Gasteiger partial charge on any atom is 0.351 e. The molecule has 0 aliphatic rings. The summed E-state index contributed by atoms with van der Waals surface area (Å²) >= 11 is 6.43. The summed E-state index contributed by atoms with van der Waals surface area (Å²) in [6, 6.07) is 11.7. The molecule has 5 aromatic rings. The van der Waals surface area contributed by atoms with Gasteiger partial charge in [0.15, 0.2) is 5.65 Å². The molecule has 0 unspecified atom stereocenters. The second-order valence-electron chi connectivity index (χ2n) is 9.76. The fraction of sp³-hybridized carbons (Fsp3) is 0.296. The summed E-state index contributed by atoms with van der Waals surface area (Å²) in [7, 11) is 5.62. The second kappa shape index (κ2) is 9.37. The van der Waals surface area contributed by atoms with Gasteiger partial charge >= 0.3 is 5.69 Å². The minimum absolute atomic E-state index is 0.216. The predicted molar refractivity (Wildman–Crippen MR) is 146 cm³/mol. The third-order valence-electron chi connectivity index (χ3n) is 6.33. The maximum atomic E-state index is 13.1. The van der Waals surface area contributed by atoms with Gasteiger partial charge in [0, 0.05) is 45.5 Å². The second-order valence-corrected chi connectivity index (χ2v) is 10.2.